The van der Waals surface area contributed by atoms with E-state index in [1.807, 2.05) is 0 Å². The Labute approximate surface area is 113 Å². The maximum atomic E-state index is 13.0. The van der Waals surface area contributed by atoms with Crippen molar-refractivity contribution in [3.8, 4) is 0 Å². The molecule has 1 amide bonds. The van der Waals surface area contributed by atoms with E-state index in [4.69, 9.17) is 0 Å². The van der Waals surface area contributed by atoms with Crippen LogP contribution in [-0.2, 0) is 9.59 Å². The molecule has 0 aromatic heterocycles. The molecule has 4 bridgehead atoms. The Bertz CT molecular complexity index is 459. The smallest absolute Gasteiger partial charge is 0.256 e. The molecular weight excluding hydrogens is 240 g/mol. The zero-order chi connectivity index (χ0) is 13.2. The second-order valence-corrected chi connectivity index (χ2v) is 7.22. The molecule has 0 saturated heterocycles. The fourth-order valence-corrected chi connectivity index (χ4v) is 5.49. The Morgan fingerprint density at radius 2 is 1.68 bits per heavy atom. The third-order valence-electron chi connectivity index (χ3n) is 5.85. The molecule has 1 N–H and O–H groups in total. The van der Waals surface area contributed by atoms with Gasteiger partial charge in [-0.3, -0.25) is 9.59 Å². The lowest BCUT2D eigenvalue weighted by Gasteiger charge is -2.56. The molecule has 1 unspecified atom stereocenters. The van der Waals surface area contributed by atoms with Crippen LogP contribution in [0.3, 0.4) is 0 Å². The third kappa shape index (κ3) is 1.55. The molecule has 4 nitrogen and oxygen atoms in total. The molecule has 1 heterocycles. The molecule has 0 aromatic carbocycles. The minimum atomic E-state index is -0.601. The average molecular weight is 260 g/mol. The maximum Gasteiger partial charge on any atom is 0.256 e. The molecular formula is C15H20N2O2. The zero-order valence-electron chi connectivity index (χ0n) is 11.3. The van der Waals surface area contributed by atoms with Crippen molar-refractivity contribution in [3.05, 3.63) is 0 Å². The van der Waals surface area contributed by atoms with Crippen molar-refractivity contribution < 1.29 is 9.59 Å². The summed E-state index contributed by atoms with van der Waals surface area (Å²) in [6, 6.07) is 0. The molecule has 4 aliphatic carbocycles. The highest BCUT2D eigenvalue weighted by Crippen LogP contribution is 2.61. The number of Topliss-reactive ketones (excluding diaryl/α,β-unsaturated/α-hetero) is 1. The van der Waals surface area contributed by atoms with Crippen molar-refractivity contribution in [2.75, 3.05) is 0 Å². The summed E-state index contributed by atoms with van der Waals surface area (Å²) >= 11 is 0. The van der Waals surface area contributed by atoms with Gasteiger partial charge in [-0.25, -0.2) is 5.43 Å². The van der Waals surface area contributed by atoms with E-state index >= 15 is 0 Å². The number of rotatable bonds is 2. The van der Waals surface area contributed by atoms with E-state index in [-0.39, 0.29) is 17.1 Å². The van der Waals surface area contributed by atoms with Gasteiger partial charge < -0.3 is 0 Å². The molecule has 5 aliphatic rings. The number of amides is 1. The van der Waals surface area contributed by atoms with Gasteiger partial charge in [0.25, 0.3) is 5.91 Å². The largest absolute Gasteiger partial charge is 0.298 e. The normalized spacial score (nSPS) is 47.2. The summed E-state index contributed by atoms with van der Waals surface area (Å²) < 4.78 is 0. The minimum Gasteiger partial charge on any atom is -0.298 e. The third-order valence-corrected chi connectivity index (χ3v) is 5.85. The van der Waals surface area contributed by atoms with Gasteiger partial charge in [0, 0.05) is 5.41 Å². The van der Waals surface area contributed by atoms with Gasteiger partial charge in [-0.15, -0.1) is 0 Å². The Balaban J connectivity index is 1.66. The Hall–Kier alpha value is -1.19. The van der Waals surface area contributed by atoms with Gasteiger partial charge in [0.1, 0.15) is 5.92 Å². The first kappa shape index (κ1) is 11.6. The Morgan fingerprint density at radius 1 is 1.16 bits per heavy atom. The summed E-state index contributed by atoms with van der Waals surface area (Å²) in [5.41, 5.74) is 2.92. The number of hydrazone groups is 1. The lowest BCUT2D eigenvalue weighted by atomic mass is 9.47. The number of hydrogen-bond acceptors (Lipinski definition) is 3. The second-order valence-electron chi connectivity index (χ2n) is 7.22. The number of nitrogens with zero attached hydrogens (tertiary/aromatic N) is 1. The quantitative estimate of drug-likeness (QED) is 0.771. The lowest BCUT2D eigenvalue weighted by Crippen LogP contribution is -2.53. The lowest BCUT2D eigenvalue weighted by molar-refractivity contribution is -0.148. The van der Waals surface area contributed by atoms with Crippen LogP contribution in [-0.4, -0.2) is 17.4 Å². The Morgan fingerprint density at radius 3 is 2.11 bits per heavy atom. The molecule has 5 rings (SSSR count). The van der Waals surface area contributed by atoms with Crippen molar-refractivity contribution in [2.24, 2.45) is 34.2 Å². The van der Waals surface area contributed by atoms with E-state index < -0.39 is 5.92 Å². The van der Waals surface area contributed by atoms with E-state index in [9.17, 15) is 9.59 Å². The predicted octanol–water partition coefficient (Wildman–Crippen LogP) is 1.89. The highest BCUT2D eigenvalue weighted by Gasteiger charge is 2.57. The maximum absolute atomic E-state index is 13.0. The summed E-state index contributed by atoms with van der Waals surface area (Å²) in [4.78, 5) is 24.9. The summed E-state index contributed by atoms with van der Waals surface area (Å²) in [7, 11) is 0. The van der Waals surface area contributed by atoms with Crippen LogP contribution in [0.25, 0.3) is 0 Å². The molecule has 0 radical (unpaired) electrons. The molecule has 19 heavy (non-hydrogen) atoms. The average Bonchev–Trinajstić information content (AvgIpc) is 2.66. The highest BCUT2D eigenvalue weighted by molar-refractivity contribution is 6.23. The van der Waals surface area contributed by atoms with E-state index in [0.717, 1.165) is 37.0 Å². The first-order chi connectivity index (χ1) is 9.07. The fraction of sp³-hybridized carbons (Fsp3) is 0.800. The number of carbonyl (C=O) groups excluding carboxylic acids is 2. The van der Waals surface area contributed by atoms with Crippen molar-refractivity contribution in [1.82, 2.24) is 5.43 Å². The van der Waals surface area contributed by atoms with Crippen LogP contribution in [0, 0.1) is 29.1 Å². The number of hydrogen-bond donors (Lipinski definition) is 1. The van der Waals surface area contributed by atoms with Gasteiger partial charge in [-0.2, -0.15) is 5.10 Å². The van der Waals surface area contributed by atoms with Gasteiger partial charge >= 0.3 is 0 Å². The Kier molecular flexibility index (Phi) is 2.25. The van der Waals surface area contributed by atoms with Crippen molar-refractivity contribution >= 4 is 17.4 Å². The number of carbonyl (C=O) groups is 2. The van der Waals surface area contributed by atoms with Crippen LogP contribution >= 0.6 is 0 Å². The van der Waals surface area contributed by atoms with E-state index in [1.54, 1.807) is 6.92 Å². The van der Waals surface area contributed by atoms with Gasteiger partial charge in [0.05, 0.1) is 5.71 Å². The van der Waals surface area contributed by atoms with Gasteiger partial charge in [0.2, 0.25) is 0 Å². The van der Waals surface area contributed by atoms with Crippen LogP contribution in [0.4, 0.5) is 0 Å². The molecule has 4 saturated carbocycles. The first-order valence-corrected chi connectivity index (χ1v) is 7.46. The molecule has 0 spiro atoms. The van der Waals surface area contributed by atoms with Crippen molar-refractivity contribution in [1.29, 1.82) is 0 Å². The van der Waals surface area contributed by atoms with E-state index in [1.165, 1.54) is 19.3 Å². The zero-order valence-corrected chi connectivity index (χ0v) is 11.3. The van der Waals surface area contributed by atoms with Crippen molar-refractivity contribution in [3.63, 3.8) is 0 Å². The molecule has 4 heteroatoms. The molecule has 1 aliphatic heterocycles. The second kappa shape index (κ2) is 3.68. The number of ketones is 1. The molecule has 1 atom stereocenters. The molecule has 0 aromatic rings. The monoisotopic (exact) mass is 260 g/mol. The van der Waals surface area contributed by atoms with Crippen LogP contribution in [0.2, 0.25) is 0 Å². The fourth-order valence-electron chi connectivity index (χ4n) is 5.49. The van der Waals surface area contributed by atoms with Crippen LogP contribution in [0.1, 0.15) is 45.4 Å². The summed E-state index contributed by atoms with van der Waals surface area (Å²) in [5.74, 6) is 1.56. The minimum absolute atomic E-state index is 0.169. The topological polar surface area (TPSA) is 58.5 Å². The SMILES string of the molecule is CC1=NNC(=O)C1C(=O)C12CC3CC(CC(C3)C1)C2. The first-order valence-electron chi connectivity index (χ1n) is 7.46. The van der Waals surface area contributed by atoms with Gasteiger partial charge in [0.15, 0.2) is 5.78 Å². The van der Waals surface area contributed by atoms with Crippen LogP contribution < -0.4 is 5.43 Å². The number of nitrogens with one attached hydrogen (secondary N) is 1. The van der Waals surface area contributed by atoms with E-state index in [2.05, 4.69) is 10.5 Å². The standard InChI is InChI=1S/C15H20N2O2/c1-8-12(14(19)17-16-8)13(18)15-5-9-2-10(6-15)4-11(3-9)7-15/h9-12H,2-7H2,1H3,(H,17,19). The van der Waals surface area contributed by atoms with Gasteiger partial charge in [-0.1, -0.05) is 0 Å². The summed E-state index contributed by atoms with van der Waals surface area (Å²) in [6.07, 6.45) is 7.02. The molecule has 4 fully saturated rings. The van der Waals surface area contributed by atoms with Crippen molar-refractivity contribution in [2.45, 2.75) is 45.4 Å². The van der Waals surface area contributed by atoms with Crippen LogP contribution in [0.5, 0.6) is 0 Å². The van der Waals surface area contributed by atoms with E-state index in [0.29, 0.717) is 5.71 Å². The van der Waals surface area contributed by atoms with Gasteiger partial charge in [-0.05, 0) is 63.2 Å². The summed E-state index contributed by atoms with van der Waals surface area (Å²) in [5, 5.41) is 3.94. The summed E-state index contributed by atoms with van der Waals surface area (Å²) in [6.45, 7) is 1.79. The predicted molar refractivity (Wildman–Crippen MR) is 70.4 cm³/mol. The molecule has 102 valence electrons. The van der Waals surface area contributed by atoms with Crippen LogP contribution in [0.15, 0.2) is 5.10 Å². The highest BCUT2D eigenvalue weighted by atomic mass is 16.2.